The number of carbonyl (C=O) groups is 2. The van der Waals surface area contributed by atoms with Gasteiger partial charge in [0.2, 0.25) is 0 Å². The molecule has 1 aliphatic heterocycles. The van der Waals surface area contributed by atoms with Gasteiger partial charge in [0, 0.05) is 53.5 Å². The molecule has 7 heteroatoms. The number of nitrogens with one attached hydrogen (secondary N) is 1. The van der Waals surface area contributed by atoms with Gasteiger partial charge in [-0.05, 0) is 24.3 Å². The number of rotatable bonds is 8. The zero-order valence-corrected chi connectivity index (χ0v) is 20.6. The van der Waals surface area contributed by atoms with Crippen molar-refractivity contribution in [3.05, 3.63) is 96.1 Å². The third-order valence-electron chi connectivity index (χ3n) is 5.50. The van der Waals surface area contributed by atoms with Gasteiger partial charge in [-0.25, -0.2) is 0 Å². The summed E-state index contributed by atoms with van der Waals surface area (Å²) in [4.78, 5) is 30.1. The van der Waals surface area contributed by atoms with E-state index in [9.17, 15) is 9.59 Å². The normalized spacial score (nSPS) is 15.7. The summed E-state index contributed by atoms with van der Waals surface area (Å²) in [5.41, 5.74) is 1.44. The van der Waals surface area contributed by atoms with E-state index in [1.54, 1.807) is 11.8 Å². The van der Waals surface area contributed by atoms with E-state index in [0.29, 0.717) is 19.5 Å². The molecule has 0 aromatic heterocycles. The molecule has 1 fully saturated rings. The van der Waals surface area contributed by atoms with Crippen LogP contribution < -0.4 is 5.32 Å². The lowest BCUT2D eigenvalue weighted by Crippen LogP contribution is -2.55. The Labute approximate surface area is 212 Å². The van der Waals surface area contributed by atoms with Gasteiger partial charge in [-0.15, -0.1) is 24.8 Å². The zero-order chi connectivity index (χ0) is 21.5. The van der Waals surface area contributed by atoms with Crippen LogP contribution in [0.3, 0.4) is 0 Å². The Kier molecular flexibility index (Phi) is 11.1. The van der Waals surface area contributed by atoms with Gasteiger partial charge in [0.15, 0.2) is 11.6 Å². The average molecular weight is 503 g/mol. The van der Waals surface area contributed by atoms with Crippen molar-refractivity contribution in [1.82, 2.24) is 10.2 Å². The van der Waals surface area contributed by atoms with Crippen LogP contribution in [-0.2, 0) is 0 Å². The molecule has 4 nitrogen and oxygen atoms in total. The van der Waals surface area contributed by atoms with Crippen molar-refractivity contribution in [2.75, 3.05) is 26.2 Å². The van der Waals surface area contributed by atoms with Crippen LogP contribution in [0.4, 0.5) is 0 Å². The topological polar surface area (TPSA) is 49.4 Å². The second-order valence-corrected chi connectivity index (χ2v) is 8.75. The molecule has 3 aromatic rings. The first-order valence-electron chi connectivity index (χ1n) is 10.6. The lowest BCUT2D eigenvalue weighted by Gasteiger charge is -2.35. The lowest BCUT2D eigenvalue weighted by atomic mass is 10.0. The maximum Gasteiger partial charge on any atom is 0.181 e. The standard InChI is InChI=1S/C26H26N2O2S.2ClH/c29-25(20-11-13-23(14-12-20)31-22-9-5-2-6-10-22)15-17-28-18-16-27-19-24(28)26(30)21-7-3-1-4-8-21;;/h1-14,24,27H,15-19H2;2*1H. The summed E-state index contributed by atoms with van der Waals surface area (Å²) in [7, 11) is 0. The van der Waals surface area contributed by atoms with Crippen molar-refractivity contribution in [3.8, 4) is 0 Å². The van der Waals surface area contributed by atoms with Crippen LogP contribution >= 0.6 is 36.6 Å². The summed E-state index contributed by atoms with van der Waals surface area (Å²) in [5, 5.41) is 3.31. The third kappa shape index (κ3) is 7.42. The third-order valence-corrected chi connectivity index (χ3v) is 6.51. The Morgan fingerprint density at radius 3 is 2.09 bits per heavy atom. The smallest absolute Gasteiger partial charge is 0.181 e. The van der Waals surface area contributed by atoms with Crippen LogP contribution in [-0.4, -0.2) is 48.7 Å². The predicted molar refractivity (Wildman–Crippen MR) is 139 cm³/mol. The number of ketones is 2. The number of nitrogens with zero attached hydrogens (tertiary/aromatic N) is 1. The first kappa shape index (κ1) is 27.1. The second kappa shape index (κ2) is 13.5. The highest BCUT2D eigenvalue weighted by atomic mass is 35.5. The van der Waals surface area contributed by atoms with E-state index >= 15 is 0 Å². The fourth-order valence-corrected chi connectivity index (χ4v) is 4.63. The summed E-state index contributed by atoms with van der Waals surface area (Å²) in [6, 6.07) is 27.2. The number of carbonyl (C=O) groups excluding carboxylic acids is 2. The lowest BCUT2D eigenvalue weighted by molar-refractivity contribution is 0.0748. The zero-order valence-electron chi connectivity index (χ0n) is 18.2. The Morgan fingerprint density at radius 1 is 0.818 bits per heavy atom. The molecule has 4 rings (SSSR count). The fourth-order valence-electron chi connectivity index (χ4n) is 3.79. The van der Waals surface area contributed by atoms with Gasteiger partial charge in [0.05, 0.1) is 6.04 Å². The Hall–Kier alpha value is -2.15. The second-order valence-electron chi connectivity index (χ2n) is 7.60. The molecule has 3 aromatic carbocycles. The number of Topliss-reactive ketones (excluding diaryl/α,β-unsaturated/α-hetero) is 2. The number of hydrogen-bond acceptors (Lipinski definition) is 5. The largest absolute Gasteiger partial charge is 0.313 e. The van der Waals surface area contributed by atoms with E-state index in [0.717, 1.165) is 29.1 Å². The fraction of sp³-hybridized carbons (Fsp3) is 0.231. The first-order chi connectivity index (χ1) is 15.2. The van der Waals surface area contributed by atoms with Crippen molar-refractivity contribution in [1.29, 1.82) is 0 Å². The SMILES string of the molecule is Cl.Cl.O=C(CCN1CCNCC1C(=O)c1ccccc1)c1ccc(Sc2ccccc2)cc1. The van der Waals surface area contributed by atoms with Gasteiger partial charge < -0.3 is 5.32 Å². The quantitative estimate of drug-likeness (QED) is 0.417. The monoisotopic (exact) mass is 502 g/mol. The molecule has 0 amide bonds. The van der Waals surface area contributed by atoms with Crippen LogP contribution in [0.5, 0.6) is 0 Å². The molecule has 0 spiro atoms. The van der Waals surface area contributed by atoms with Crippen molar-refractivity contribution in [3.63, 3.8) is 0 Å². The van der Waals surface area contributed by atoms with E-state index in [1.807, 2.05) is 72.8 Å². The number of piperazine rings is 1. The van der Waals surface area contributed by atoms with Crippen LogP contribution in [0.25, 0.3) is 0 Å². The molecule has 0 radical (unpaired) electrons. The van der Waals surface area contributed by atoms with Crippen LogP contribution in [0.2, 0.25) is 0 Å². The summed E-state index contributed by atoms with van der Waals surface area (Å²) in [5.74, 6) is 0.225. The minimum Gasteiger partial charge on any atom is -0.313 e. The molecule has 33 heavy (non-hydrogen) atoms. The van der Waals surface area contributed by atoms with Gasteiger partial charge in [-0.3, -0.25) is 14.5 Å². The minimum atomic E-state index is -0.228. The molecule has 0 aliphatic carbocycles. The molecule has 1 unspecified atom stereocenters. The summed E-state index contributed by atoms with van der Waals surface area (Å²) in [6.07, 6.45) is 0.406. The number of hydrogen-bond donors (Lipinski definition) is 1. The van der Waals surface area contributed by atoms with Gasteiger partial charge >= 0.3 is 0 Å². The van der Waals surface area contributed by atoms with E-state index in [-0.39, 0.29) is 42.4 Å². The van der Waals surface area contributed by atoms with E-state index in [1.165, 1.54) is 4.90 Å². The average Bonchev–Trinajstić information content (AvgIpc) is 2.84. The Morgan fingerprint density at radius 2 is 1.42 bits per heavy atom. The maximum atomic E-state index is 12.9. The highest BCUT2D eigenvalue weighted by Crippen LogP contribution is 2.27. The predicted octanol–water partition coefficient (Wildman–Crippen LogP) is 5.41. The van der Waals surface area contributed by atoms with Crippen molar-refractivity contribution < 1.29 is 9.59 Å². The molecule has 0 bridgehead atoms. The van der Waals surface area contributed by atoms with Crippen LogP contribution in [0, 0.1) is 0 Å². The molecular weight excluding hydrogens is 475 g/mol. The molecule has 1 N–H and O–H groups in total. The molecule has 1 aliphatic rings. The number of halogens is 2. The summed E-state index contributed by atoms with van der Waals surface area (Å²) in [6.45, 7) is 2.80. The van der Waals surface area contributed by atoms with Gasteiger partial charge in [-0.2, -0.15) is 0 Å². The summed E-state index contributed by atoms with van der Waals surface area (Å²) < 4.78 is 0. The van der Waals surface area contributed by atoms with Crippen LogP contribution in [0.15, 0.2) is 94.7 Å². The highest BCUT2D eigenvalue weighted by molar-refractivity contribution is 7.99. The van der Waals surface area contributed by atoms with Gasteiger partial charge in [0.1, 0.15) is 0 Å². The first-order valence-corrected chi connectivity index (χ1v) is 11.4. The van der Waals surface area contributed by atoms with E-state index < -0.39 is 0 Å². The van der Waals surface area contributed by atoms with Gasteiger partial charge in [0.25, 0.3) is 0 Å². The highest BCUT2D eigenvalue weighted by Gasteiger charge is 2.29. The molecule has 1 saturated heterocycles. The molecule has 1 heterocycles. The van der Waals surface area contributed by atoms with Crippen molar-refractivity contribution in [2.24, 2.45) is 0 Å². The van der Waals surface area contributed by atoms with E-state index in [4.69, 9.17) is 0 Å². The molecule has 174 valence electrons. The molecular formula is C26H28Cl2N2O2S. The van der Waals surface area contributed by atoms with Crippen molar-refractivity contribution >= 4 is 48.1 Å². The molecule has 1 atom stereocenters. The summed E-state index contributed by atoms with van der Waals surface area (Å²) >= 11 is 1.68. The van der Waals surface area contributed by atoms with Gasteiger partial charge in [-0.1, -0.05) is 72.4 Å². The maximum absolute atomic E-state index is 12.9. The van der Waals surface area contributed by atoms with Crippen molar-refractivity contribution in [2.45, 2.75) is 22.3 Å². The number of benzene rings is 3. The Balaban J connectivity index is 0.00000193. The van der Waals surface area contributed by atoms with E-state index in [2.05, 4.69) is 22.3 Å². The Bertz CT molecular complexity index is 1020. The minimum absolute atomic E-state index is 0. The van der Waals surface area contributed by atoms with Crippen LogP contribution in [0.1, 0.15) is 27.1 Å². The molecule has 0 saturated carbocycles.